The number of hydrazine groups is 1. The van der Waals surface area contributed by atoms with Gasteiger partial charge in [0, 0.05) is 16.3 Å². The second kappa shape index (κ2) is 7.13. The van der Waals surface area contributed by atoms with Crippen LogP contribution in [-0.2, 0) is 0 Å². The van der Waals surface area contributed by atoms with Gasteiger partial charge in [0.05, 0.1) is 11.7 Å². The van der Waals surface area contributed by atoms with Crippen molar-refractivity contribution in [2.24, 2.45) is 0 Å². The van der Waals surface area contributed by atoms with E-state index >= 15 is 0 Å². The number of rotatable bonds is 3. The van der Waals surface area contributed by atoms with E-state index in [0.29, 0.717) is 22.0 Å². The molecule has 4 rings (SSSR count). The fourth-order valence-electron chi connectivity index (χ4n) is 3.09. The van der Waals surface area contributed by atoms with Gasteiger partial charge >= 0.3 is 6.03 Å². The van der Waals surface area contributed by atoms with Gasteiger partial charge in [-0.2, -0.15) is 0 Å². The van der Waals surface area contributed by atoms with E-state index in [4.69, 9.17) is 11.6 Å². The van der Waals surface area contributed by atoms with E-state index in [1.165, 1.54) is 5.01 Å². The van der Waals surface area contributed by atoms with Gasteiger partial charge in [-0.1, -0.05) is 54.1 Å². The number of allylic oxidation sites excluding steroid dienone is 4. The number of hydrogen-bond donors (Lipinski definition) is 1. The van der Waals surface area contributed by atoms with Gasteiger partial charge in [-0.3, -0.25) is 15.1 Å². The first-order valence-corrected chi connectivity index (χ1v) is 8.83. The standard InChI is InChI=1S/C21H16ClN3O2/c22-16-11-13-17(14-12-16)24-18-9-5-2-6-10-19(18)25(21(24)27)23-20(26)15-7-3-1-4-8-15/h1-14,18H,(H,23,26). The van der Waals surface area contributed by atoms with Crippen LogP contribution in [0.25, 0.3) is 0 Å². The highest BCUT2D eigenvalue weighted by atomic mass is 35.5. The molecule has 1 saturated heterocycles. The maximum absolute atomic E-state index is 13.1. The smallest absolute Gasteiger partial charge is 0.280 e. The molecule has 0 aromatic heterocycles. The number of carbonyl (C=O) groups excluding carboxylic acids is 2. The third kappa shape index (κ3) is 3.25. The van der Waals surface area contributed by atoms with Crippen molar-refractivity contribution in [3.05, 3.63) is 101 Å². The summed E-state index contributed by atoms with van der Waals surface area (Å²) in [7, 11) is 0. The predicted octanol–water partition coefficient (Wildman–Crippen LogP) is 4.31. The Bertz CT molecular complexity index is 965. The summed E-state index contributed by atoms with van der Waals surface area (Å²) in [6, 6.07) is 15.2. The molecule has 3 amide bonds. The quantitative estimate of drug-likeness (QED) is 0.866. The molecule has 0 saturated carbocycles. The van der Waals surface area contributed by atoms with E-state index in [1.807, 2.05) is 36.4 Å². The minimum atomic E-state index is -0.348. The molecular formula is C21H16ClN3O2. The van der Waals surface area contributed by atoms with Gasteiger partial charge in [0.15, 0.2) is 0 Å². The van der Waals surface area contributed by atoms with Gasteiger partial charge < -0.3 is 0 Å². The minimum Gasteiger partial charge on any atom is -0.280 e. The molecule has 0 spiro atoms. The monoisotopic (exact) mass is 377 g/mol. The predicted molar refractivity (Wildman–Crippen MR) is 105 cm³/mol. The number of carbonyl (C=O) groups is 2. The van der Waals surface area contributed by atoms with E-state index in [0.717, 1.165) is 0 Å². The lowest BCUT2D eigenvalue weighted by Crippen LogP contribution is -2.44. The summed E-state index contributed by atoms with van der Waals surface area (Å²) in [4.78, 5) is 27.4. The van der Waals surface area contributed by atoms with Gasteiger partial charge in [0.1, 0.15) is 0 Å². The number of nitrogens with zero attached hydrogens (tertiary/aromatic N) is 2. The highest BCUT2D eigenvalue weighted by molar-refractivity contribution is 6.30. The summed E-state index contributed by atoms with van der Waals surface area (Å²) >= 11 is 5.98. The lowest BCUT2D eigenvalue weighted by Gasteiger charge is -2.20. The SMILES string of the molecule is O=C(NN1C(=O)N(c2ccc(Cl)cc2)C2C=CC=CC=C21)c1ccccc1. The van der Waals surface area contributed by atoms with Crippen molar-refractivity contribution >= 4 is 29.2 Å². The average molecular weight is 378 g/mol. The van der Waals surface area contributed by atoms with Crippen LogP contribution in [0.1, 0.15) is 10.4 Å². The molecule has 1 N–H and O–H groups in total. The number of benzene rings is 2. The third-order valence-corrected chi connectivity index (χ3v) is 4.63. The van der Waals surface area contributed by atoms with Crippen LogP contribution in [0.4, 0.5) is 10.5 Å². The molecule has 2 aliphatic rings. The minimum absolute atomic E-state index is 0.329. The lowest BCUT2D eigenvalue weighted by molar-refractivity contribution is 0.0872. The molecule has 1 aliphatic carbocycles. The molecule has 1 heterocycles. The first-order valence-electron chi connectivity index (χ1n) is 8.45. The zero-order valence-corrected chi connectivity index (χ0v) is 15.0. The molecule has 1 unspecified atom stereocenters. The fourth-order valence-corrected chi connectivity index (χ4v) is 3.21. The van der Waals surface area contributed by atoms with Crippen molar-refractivity contribution in [3.63, 3.8) is 0 Å². The average Bonchev–Trinajstić information content (AvgIpc) is 2.84. The lowest BCUT2D eigenvalue weighted by atomic mass is 10.1. The molecule has 2 aromatic rings. The molecule has 27 heavy (non-hydrogen) atoms. The van der Waals surface area contributed by atoms with Crippen LogP contribution in [0.3, 0.4) is 0 Å². The Hall–Kier alpha value is -3.31. The van der Waals surface area contributed by atoms with Crippen LogP contribution in [0.15, 0.2) is 90.7 Å². The van der Waals surface area contributed by atoms with Crippen molar-refractivity contribution in [2.75, 3.05) is 4.90 Å². The molecular weight excluding hydrogens is 362 g/mol. The fraction of sp³-hybridized carbons (Fsp3) is 0.0476. The molecule has 2 aromatic carbocycles. The maximum atomic E-state index is 13.1. The third-order valence-electron chi connectivity index (χ3n) is 4.37. The van der Waals surface area contributed by atoms with Gasteiger partial charge in [-0.15, -0.1) is 0 Å². The van der Waals surface area contributed by atoms with E-state index in [9.17, 15) is 9.59 Å². The van der Waals surface area contributed by atoms with E-state index < -0.39 is 0 Å². The van der Waals surface area contributed by atoms with Crippen LogP contribution in [0.5, 0.6) is 0 Å². The zero-order valence-electron chi connectivity index (χ0n) is 14.2. The Kier molecular flexibility index (Phi) is 4.52. The Balaban J connectivity index is 1.69. The molecule has 0 radical (unpaired) electrons. The highest BCUT2D eigenvalue weighted by Gasteiger charge is 2.42. The second-order valence-corrected chi connectivity index (χ2v) is 6.51. The summed E-state index contributed by atoms with van der Waals surface area (Å²) in [5.74, 6) is -0.348. The summed E-state index contributed by atoms with van der Waals surface area (Å²) in [5, 5.41) is 1.89. The molecule has 5 nitrogen and oxygen atoms in total. The zero-order chi connectivity index (χ0) is 18.8. The summed E-state index contributed by atoms with van der Waals surface area (Å²) < 4.78 is 0. The van der Waals surface area contributed by atoms with Crippen LogP contribution in [0, 0.1) is 0 Å². The number of amides is 3. The first-order chi connectivity index (χ1) is 13.1. The number of nitrogens with one attached hydrogen (secondary N) is 1. The normalized spacial score (nSPS) is 18.2. The molecule has 6 heteroatoms. The number of hydrogen-bond acceptors (Lipinski definition) is 2. The number of fused-ring (bicyclic) bond motifs is 1. The van der Waals surface area contributed by atoms with E-state index in [1.54, 1.807) is 53.4 Å². The van der Waals surface area contributed by atoms with Crippen LogP contribution in [0.2, 0.25) is 5.02 Å². The van der Waals surface area contributed by atoms with Crippen molar-refractivity contribution in [1.82, 2.24) is 10.4 Å². The Morgan fingerprint density at radius 2 is 1.70 bits per heavy atom. The van der Waals surface area contributed by atoms with Crippen molar-refractivity contribution in [3.8, 4) is 0 Å². The molecule has 1 atom stereocenters. The van der Waals surface area contributed by atoms with E-state index in [2.05, 4.69) is 5.43 Å². The Labute approximate surface area is 161 Å². The van der Waals surface area contributed by atoms with Gasteiger partial charge in [0.25, 0.3) is 5.91 Å². The second-order valence-electron chi connectivity index (χ2n) is 6.08. The molecule has 1 aliphatic heterocycles. The summed E-state index contributed by atoms with van der Waals surface area (Å²) in [6.07, 6.45) is 9.34. The summed E-state index contributed by atoms with van der Waals surface area (Å²) in [6.45, 7) is 0. The van der Waals surface area contributed by atoms with Crippen LogP contribution < -0.4 is 10.3 Å². The maximum Gasteiger partial charge on any atom is 0.348 e. The molecule has 1 fully saturated rings. The topological polar surface area (TPSA) is 52.7 Å². The van der Waals surface area contributed by atoms with E-state index in [-0.39, 0.29) is 18.0 Å². The Morgan fingerprint density at radius 3 is 2.44 bits per heavy atom. The first kappa shape index (κ1) is 17.1. The van der Waals surface area contributed by atoms with Crippen LogP contribution in [-0.4, -0.2) is 23.0 Å². The van der Waals surface area contributed by atoms with Crippen molar-refractivity contribution in [2.45, 2.75) is 6.04 Å². The molecule has 0 bridgehead atoms. The van der Waals surface area contributed by atoms with Crippen molar-refractivity contribution < 1.29 is 9.59 Å². The molecule has 134 valence electrons. The highest BCUT2D eigenvalue weighted by Crippen LogP contribution is 2.33. The van der Waals surface area contributed by atoms with Crippen molar-refractivity contribution in [1.29, 1.82) is 0 Å². The van der Waals surface area contributed by atoms with Gasteiger partial charge in [0.2, 0.25) is 0 Å². The van der Waals surface area contributed by atoms with Gasteiger partial charge in [-0.05, 0) is 42.5 Å². The number of urea groups is 1. The Morgan fingerprint density at radius 1 is 0.963 bits per heavy atom. The summed E-state index contributed by atoms with van der Waals surface area (Å²) in [5.41, 5.74) is 4.57. The number of anilines is 1. The number of halogens is 1. The largest absolute Gasteiger partial charge is 0.348 e. The van der Waals surface area contributed by atoms with Crippen LogP contribution >= 0.6 is 11.6 Å². The van der Waals surface area contributed by atoms with Gasteiger partial charge in [-0.25, -0.2) is 9.80 Å².